The van der Waals surface area contributed by atoms with Crippen LogP contribution in [0, 0.1) is 5.92 Å². The Morgan fingerprint density at radius 2 is 2.12 bits per heavy atom. The van der Waals surface area contributed by atoms with Gasteiger partial charge in [0.2, 0.25) is 0 Å². The summed E-state index contributed by atoms with van der Waals surface area (Å²) in [5.41, 5.74) is 8.01. The van der Waals surface area contributed by atoms with E-state index in [1.165, 1.54) is 38.2 Å². The number of aromatic nitrogens is 2. The van der Waals surface area contributed by atoms with Crippen LogP contribution in [0.1, 0.15) is 31.2 Å². The van der Waals surface area contributed by atoms with Crippen LogP contribution in [0.2, 0.25) is 0 Å². The van der Waals surface area contributed by atoms with Crippen molar-refractivity contribution < 1.29 is 0 Å². The van der Waals surface area contributed by atoms with E-state index in [1.807, 2.05) is 11.7 Å². The van der Waals surface area contributed by atoms with Gasteiger partial charge in [-0.25, -0.2) is 0 Å². The molecule has 0 bridgehead atoms. The first-order chi connectivity index (χ1) is 8.22. The monoisotopic (exact) mass is 236 g/mol. The fourth-order valence-corrected chi connectivity index (χ4v) is 2.66. The fraction of sp³-hybridized carbons (Fsp3) is 0.769. The normalized spacial score (nSPS) is 18.8. The molecule has 1 aromatic heterocycles. The highest BCUT2D eigenvalue weighted by Crippen LogP contribution is 2.21. The van der Waals surface area contributed by atoms with Gasteiger partial charge in [0.25, 0.3) is 0 Å². The Morgan fingerprint density at radius 1 is 1.41 bits per heavy atom. The minimum atomic E-state index is 0.581. The van der Waals surface area contributed by atoms with Gasteiger partial charge in [0.1, 0.15) is 0 Å². The summed E-state index contributed by atoms with van der Waals surface area (Å²) in [5.74, 6) is 0.804. The number of rotatable bonds is 4. The second-order valence-electron chi connectivity index (χ2n) is 5.04. The molecule has 2 heterocycles. The maximum Gasteiger partial charge on any atom is 0.0630 e. The van der Waals surface area contributed by atoms with Gasteiger partial charge in [0.15, 0.2) is 0 Å². The Kier molecular flexibility index (Phi) is 4.18. The summed E-state index contributed by atoms with van der Waals surface area (Å²) in [6, 6.07) is 2.16. The zero-order valence-corrected chi connectivity index (χ0v) is 11.0. The van der Waals surface area contributed by atoms with E-state index in [1.54, 1.807) is 0 Å². The molecule has 0 saturated carbocycles. The van der Waals surface area contributed by atoms with Crippen molar-refractivity contribution in [1.29, 1.82) is 0 Å². The second-order valence-corrected chi connectivity index (χ2v) is 5.04. The second kappa shape index (κ2) is 5.65. The zero-order valence-electron chi connectivity index (χ0n) is 11.0. The molecule has 96 valence electrons. The highest BCUT2D eigenvalue weighted by atomic mass is 15.3. The third kappa shape index (κ3) is 3.07. The molecule has 17 heavy (non-hydrogen) atoms. The molecule has 1 fully saturated rings. The topological polar surface area (TPSA) is 47.1 Å². The number of hydrogen-bond acceptors (Lipinski definition) is 3. The largest absolute Gasteiger partial charge is 0.325 e. The first kappa shape index (κ1) is 12.6. The molecule has 1 saturated heterocycles. The summed E-state index contributed by atoms with van der Waals surface area (Å²) in [6.07, 6.45) is 3.73. The molecular weight excluding hydrogens is 212 g/mol. The predicted octanol–water partition coefficient (Wildman–Crippen LogP) is 1.15. The first-order valence-corrected chi connectivity index (χ1v) is 6.67. The lowest BCUT2D eigenvalue weighted by molar-refractivity contribution is 0.191. The highest BCUT2D eigenvalue weighted by molar-refractivity contribution is 5.10. The van der Waals surface area contributed by atoms with Crippen LogP contribution >= 0.6 is 0 Å². The van der Waals surface area contributed by atoms with Crippen molar-refractivity contribution >= 4 is 0 Å². The summed E-state index contributed by atoms with van der Waals surface area (Å²) in [6.45, 7) is 6.51. The summed E-state index contributed by atoms with van der Waals surface area (Å²) in [4.78, 5) is 2.53. The van der Waals surface area contributed by atoms with Gasteiger partial charge < -0.3 is 10.6 Å². The van der Waals surface area contributed by atoms with E-state index in [0.717, 1.165) is 18.0 Å². The van der Waals surface area contributed by atoms with Crippen molar-refractivity contribution in [2.45, 2.75) is 32.7 Å². The molecule has 2 rings (SSSR count). The van der Waals surface area contributed by atoms with Gasteiger partial charge in [0.05, 0.1) is 11.4 Å². The Labute approximate surface area is 104 Å². The van der Waals surface area contributed by atoms with Crippen molar-refractivity contribution in [2.24, 2.45) is 18.7 Å². The number of nitrogens with zero attached hydrogens (tertiary/aromatic N) is 3. The lowest BCUT2D eigenvalue weighted by Crippen LogP contribution is -2.34. The van der Waals surface area contributed by atoms with Crippen LogP contribution in [0.15, 0.2) is 6.07 Å². The molecule has 0 aromatic carbocycles. The van der Waals surface area contributed by atoms with Crippen LogP contribution < -0.4 is 5.73 Å². The number of piperidine rings is 1. The number of hydrogen-bond donors (Lipinski definition) is 1. The third-order valence-corrected chi connectivity index (χ3v) is 3.89. The van der Waals surface area contributed by atoms with Crippen LogP contribution in [-0.2, 0) is 20.0 Å². The summed E-state index contributed by atoms with van der Waals surface area (Å²) >= 11 is 0. The van der Waals surface area contributed by atoms with Crippen LogP contribution in [-0.4, -0.2) is 34.3 Å². The highest BCUT2D eigenvalue weighted by Gasteiger charge is 2.19. The van der Waals surface area contributed by atoms with Crippen LogP contribution in [0.5, 0.6) is 0 Å². The third-order valence-electron chi connectivity index (χ3n) is 3.89. The van der Waals surface area contributed by atoms with Crippen LogP contribution in [0.25, 0.3) is 0 Å². The summed E-state index contributed by atoms with van der Waals surface area (Å²) in [5, 5.41) is 4.54. The molecule has 0 spiro atoms. The maximum absolute atomic E-state index is 5.67. The molecule has 2 N–H and O–H groups in total. The molecule has 0 unspecified atom stereocenters. The quantitative estimate of drug-likeness (QED) is 0.853. The first-order valence-electron chi connectivity index (χ1n) is 6.67. The molecular formula is C13H24N4. The van der Waals surface area contributed by atoms with Crippen molar-refractivity contribution in [3.63, 3.8) is 0 Å². The van der Waals surface area contributed by atoms with Gasteiger partial charge >= 0.3 is 0 Å². The molecule has 4 nitrogen and oxygen atoms in total. The number of nitrogens with two attached hydrogens (primary N) is 1. The minimum Gasteiger partial charge on any atom is -0.325 e. The van der Waals surface area contributed by atoms with Gasteiger partial charge in [-0.05, 0) is 50.9 Å². The van der Waals surface area contributed by atoms with Crippen LogP contribution in [0.4, 0.5) is 0 Å². The SMILES string of the molecule is CCN1CCC(Cc2cc(CN)n(C)n2)CC1. The van der Waals surface area contributed by atoms with Gasteiger partial charge in [-0.1, -0.05) is 6.92 Å². The van der Waals surface area contributed by atoms with Crippen molar-refractivity contribution in [1.82, 2.24) is 14.7 Å². The van der Waals surface area contributed by atoms with Gasteiger partial charge in [-0.15, -0.1) is 0 Å². The Bertz CT molecular complexity index is 350. The molecule has 1 aliphatic rings. The molecule has 0 atom stereocenters. The zero-order chi connectivity index (χ0) is 12.3. The average molecular weight is 236 g/mol. The molecule has 0 amide bonds. The molecule has 1 aliphatic heterocycles. The van der Waals surface area contributed by atoms with E-state index in [9.17, 15) is 0 Å². The van der Waals surface area contributed by atoms with E-state index >= 15 is 0 Å². The average Bonchev–Trinajstić information content (AvgIpc) is 2.70. The van der Waals surface area contributed by atoms with Crippen molar-refractivity contribution in [2.75, 3.05) is 19.6 Å². The van der Waals surface area contributed by atoms with Crippen molar-refractivity contribution in [3.8, 4) is 0 Å². The number of aryl methyl sites for hydroxylation is 1. The fourth-order valence-electron chi connectivity index (χ4n) is 2.66. The molecule has 4 heteroatoms. The lowest BCUT2D eigenvalue weighted by atomic mass is 9.92. The van der Waals surface area contributed by atoms with Gasteiger partial charge in [0, 0.05) is 13.6 Å². The van der Waals surface area contributed by atoms with Crippen LogP contribution in [0.3, 0.4) is 0 Å². The van der Waals surface area contributed by atoms with E-state index in [4.69, 9.17) is 5.73 Å². The lowest BCUT2D eigenvalue weighted by Gasteiger charge is -2.30. The summed E-state index contributed by atoms with van der Waals surface area (Å²) in [7, 11) is 1.98. The number of likely N-dealkylation sites (tertiary alicyclic amines) is 1. The van der Waals surface area contributed by atoms with E-state index in [0.29, 0.717) is 6.54 Å². The maximum atomic E-state index is 5.67. The molecule has 1 aromatic rings. The van der Waals surface area contributed by atoms with E-state index < -0.39 is 0 Å². The standard InChI is InChI=1S/C13H24N4/c1-3-17-6-4-11(5-7-17)8-12-9-13(10-14)16(2)15-12/h9,11H,3-8,10,14H2,1-2H3. The van der Waals surface area contributed by atoms with Gasteiger partial charge in [-0.2, -0.15) is 5.10 Å². The smallest absolute Gasteiger partial charge is 0.0630 e. The molecule has 0 aliphatic carbocycles. The minimum absolute atomic E-state index is 0.581. The summed E-state index contributed by atoms with van der Waals surface area (Å²) < 4.78 is 1.91. The van der Waals surface area contributed by atoms with E-state index in [-0.39, 0.29) is 0 Å². The Morgan fingerprint density at radius 3 is 2.65 bits per heavy atom. The Balaban J connectivity index is 1.88. The van der Waals surface area contributed by atoms with Gasteiger partial charge in [-0.3, -0.25) is 4.68 Å². The van der Waals surface area contributed by atoms with E-state index in [2.05, 4.69) is 23.0 Å². The molecule has 0 radical (unpaired) electrons. The Hall–Kier alpha value is -0.870. The van der Waals surface area contributed by atoms with Crippen molar-refractivity contribution in [3.05, 3.63) is 17.5 Å². The predicted molar refractivity (Wildman–Crippen MR) is 69.6 cm³/mol.